The Balaban J connectivity index is 2.22. The number of nitriles is 1. The lowest BCUT2D eigenvalue weighted by Gasteiger charge is -2.15. The first-order valence-electron chi connectivity index (χ1n) is 4.66. The van der Waals surface area contributed by atoms with Crippen molar-refractivity contribution in [2.24, 2.45) is 5.92 Å². The molecule has 1 heterocycles. The fourth-order valence-corrected chi connectivity index (χ4v) is 1.79. The lowest BCUT2D eigenvalue weighted by Crippen LogP contribution is -2.24. The van der Waals surface area contributed by atoms with Crippen molar-refractivity contribution in [2.75, 3.05) is 11.4 Å². The van der Waals surface area contributed by atoms with E-state index in [0.717, 1.165) is 5.69 Å². The quantitative estimate of drug-likeness (QED) is 0.729. The summed E-state index contributed by atoms with van der Waals surface area (Å²) < 4.78 is 0. The smallest absolute Gasteiger partial charge is 0.228 e. The van der Waals surface area contributed by atoms with Crippen molar-refractivity contribution in [1.29, 1.82) is 5.26 Å². The zero-order chi connectivity index (χ0) is 10.8. The molecule has 0 radical (unpaired) electrons. The molecule has 0 saturated carbocycles. The van der Waals surface area contributed by atoms with E-state index in [-0.39, 0.29) is 11.8 Å². The Morgan fingerprint density at radius 2 is 2.07 bits per heavy atom. The van der Waals surface area contributed by atoms with E-state index in [2.05, 4.69) is 6.07 Å². The summed E-state index contributed by atoms with van der Waals surface area (Å²) in [5, 5.41) is 9.38. The van der Waals surface area contributed by atoms with Crippen LogP contribution in [-0.4, -0.2) is 12.5 Å². The van der Waals surface area contributed by atoms with Gasteiger partial charge in [0.1, 0.15) is 0 Å². The summed E-state index contributed by atoms with van der Waals surface area (Å²) in [7, 11) is 0. The minimum atomic E-state index is -0.187. The van der Waals surface area contributed by atoms with Gasteiger partial charge >= 0.3 is 0 Å². The summed E-state index contributed by atoms with van der Waals surface area (Å²) in [6.45, 7) is 0.483. The number of rotatable bonds is 1. The first-order chi connectivity index (χ1) is 7.20. The molecule has 1 unspecified atom stereocenters. The van der Waals surface area contributed by atoms with Crippen molar-refractivity contribution in [2.45, 2.75) is 6.42 Å². The monoisotopic (exact) mass is 220 g/mol. The van der Waals surface area contributed by atoms with Gasteiger partial charge in [-0.25, -0.2) is 0 Å². The lowest BCUT2D eigenvalue weighted by atomic mass is 10.1. The van der Waals surface area contributed by atoms with Crippen LogP contribution >= 0.6 is 11.6 Å². The lowest BCUT2D eigenvalue weighted by molar-refractivity contribution is -0.117. The van der Waals surface area contributed by atoms with Crippen LogP contribution in [0.5, 0.6) is 0 Å². The van der Waals surface area contributed by atoms with E-state index < -0.39 is 0 Å². The first-order valence-corrected chi connectivity index (χ1v) is 5.04. The number of nitrogens with zero attached hydrogens (tertiary/aromatic N) is 2. The minimum Gasteiger partial charge on any atom is -0.311 e. The molecule has 3 nitrogen and oxygen atoms in total. The number of amides is 1. The predicted octanol–water partition coefficient (Wildman–Crippen LogP) is 2.22. The Kier molecular flexibility index (Phi) is 2.61. The van der Waals surface area contributed by atoms with Gasteiger partial charge in [-0.2, -0.15) is 5.26 Å². The molecule has 1 saturated heterocycles. The highest BCUT2D eigenvalue weighted by Crippen LogP contribution is 2.25. The molecule has 76 valence electrons. The molecule has 15 heavy (non-hydrogen) atoms. The molecule has 0 aromatic heterocycles. The van der Waals surface area contributed by atoms with Crippen LogP contribution in [0.25, 0.3) is 0 Å². The summed E-state index contributed by atoms with van der Waals surface area (Å²) in [4.78, 5) is 13.2. The third-order valence-electron chi connectivity index (χ3n) is 2.45. The normalized spacial score (nSPS) is 20.4. The molecule has 2 rings (SSSR count). The predicted molar refractivity (Wildman–Crippen MR) is 57.5 cm³/mol. The molecule has 0 bridgehead atoms. The molecule has 1 fully saturated rings. The molecular weight excluding hydrogens is 212 g/mol. The van der Waals surface area contributed by atoms with E-state index >= 15 is 0 Å². The number of hydrogen-bond acceptors (Lipinski definition) is 2. The highest BCUT2D eigenvalue weighted by molar-refractivity contribution is 6.30. The zero-order valence-electron chi connectivity index (χ0n) is 7.98. The summed E-state index contributed by atoms with van der Waals surface area (Å²) in [6.07, 6.45) is 0.319. The topological polar surface area (TPSA) is 44.1 Å². The van der Waals surface area contributed by atoms with Crippen molar-refractivity contribution in [3.05, 3.63) is 29.3 Å². The maximum Gasteiger partial charge on any atom is 0.228 e. The van der Waals surface area contributed by atoms with Gasteiger partial charge < -0.3 is 4.90 Å². The number of halogens is 1. The molecule has 4 heteroatoms. The van der Waals surface area contributed by atoms with Crippen molar-refractivity contribution in [1.82, 2.24) is 0 Å². The molecule has 1 aromatic carbocycles. The number of hydrogen-bond donors (Lipinski definition) is 0. The van der Waals surface area contributed by atoms with Gasteiger partial charge in [0.25, 0.3) is 0 Å². The van der Waals surface area contributed by atoms with Crippen molar-refractivity contribution in [3.8, 4) is 6.07 Å². The summed E-state index contributed by atoms with van der Waals surface area (Å²) in [6, 6.07) is 9.18. The Morgan fingerprint density at radius 1 is 1.40 bits per heavy atom. The van der Waals surface area contributed by atoms with Crippen LogP contribution in [0.2, 0.25) is 5.02 Å². The highest BCUT2D eigenvalue weighted by atomic mass is 35.5. The fraction of sp³-hybridized carbons (Fsp3) is 0.273. The zero-order valence-corrected chi connectivity index (χ0v) is 8.74. The van der Waals surface area contributed by atoms with Gasteiger partial charge in [0.05, 0.1) is 12.0 Å². The Labute approximate surface area is 92.9 Å². The Hall–Kier alpha value is -1.53. The molecule has 0 N–H and O–H groups in total. The van der Waals surface area contributed by atoms with Crippen LogP contribution in [0.3, 0.4) is 0 Å². The van der Waals surface area contributed by atoms with Gasteiger partial charge in [-0.05, 0) is 24.3 Å². The van der Waals surface area contributed by atoms with E-state index in [1.54, 1.807) is 29.2 Å². The molecule has 0 aliphatic carbocycles. The summed E-state index contributed by atoms with van der Waals surface area (Å²) in [5.74, 6) is -0.183. The first kappa shape index (κ1) is 10.0. The van der Waals surface area contributed by atoms with Crippen LogP contribution in [0.1, 0.15) is 6.42 Å². The van der Waals surface area contributed by atoms with Crippen LogP contribution in [0.15, 0.2) is 24.3 Å². The molecule has 1 aliphatic heterocycles. The molecule has 0 spiro atoms. The van der Waals surface area contributed by atoms with Crippen molar-refractivity contribution in [3.63, 3.8) is 0 Å². The molecular formula is C11H9ClN2O. The average Bonchev–Trinajstić information content (AvgIpc) is 2.61. The third kappa shape index (κ3) is 1.95. The third-order valence-corrected chi connectivity index (χ3v) is 2.70. The van der Waals surface area contributed by atoms with Crippen LogP contribution in [-0.2, 0) is 4.79 Å². The molecule has 1 aliphatic rings. The van der Waals surface area contributed by atoms with Gasteiger partial charge in [0, 0.05) is 23.7 Å². The second-order valence-electron chi connectivity index (χ2n) is 3.51. The number of carbonyl (C=O) groups excluding carboxylic acids is 1. The van der Waals surface area contributed by atoms with Crippen LogP contribution in [0.4, 0.5) is 5.69 Å². The Bertz CT molecular complexity index is 421. The highest BCUT2D eigenvalue weighted by Gasteiger charge is 2.30. The van der Waals surface area contributed by atoms with Gasteiger partial charge in [-0.1, -0.05) is 11.6 Å². The SMILES string of the molecule is N#CC1CC(=O)N(c2ccc(Cl)cc2)C1. The number of benzene rings is 1. The summed E-state index contributed by atoms with van der Waals surface area (Å²) >= 11 is 5.75. The number of carbonyl (C=O) groups is 1. The second kappa shape index (κ2) is 3.92. The minimum absolute atomic E-state index is 0.00359. The van der Waals surface area contributed by atoms with Gasteiger partial charge in [-0.3, -0.25) is 4.79 Å². The average molecular weight is 221 g/mol. The van der Waals surface area contributed by atoms with Crippen molar-refractivity contribution >= 4 is 23.2 Å². The van der Waals surface area contributed by atoms with Crippen molar-refractivity contribution < 1.29 is 4.79 Å². The summed E-state index contributed by atoms with van der Waals surface area (Å²) in [5.41, 5.74) is 0.808. The van der Waals surface area contributed by atoms with Gasteiger partial charge in [0.2, 0.25) is 5.91 Å². The largest absolute Gasteiger partial charge is 0.311 e. The van der Waals surface area contributed by atoms with E-state index in [1.165, 1.54) is 0 Å². The van der Waals surface area contributed by atoms with E-state index in [0.29, 0.717) is 18.0 Å². The second-order valence-corrected chi connectivity index (χ2v) is 3.95. The number of anilines is 1. The molecule has 1 amide bonds. The van der Waals surface area contributed by atoms with Crippen LogP contribution < -0.4 is 4.90 Å². The van der Waals surface area contributed by atoms with E-state index in [4.69, 9.17) is 16.9 Å². The molecule has 1 atom stereocenters. The Morgan fingerprint density at radius 3 is 2.60 bits per heavy atom. The van der Waals surface area contributed by atoms with Gasteiger partial charge in [0.15, 0.2) is 0 Å². The van der Waals surface area contributed by atoms with E-state index in [9.17, 15) is 4.79 Å². The van der Waals surface area contributed by atoms with Crippen LogP contribution in [0, 0.1) is 17.2 Å². The molecule has 1 aromatic rings. The fourth-order valence-electron chi connectivity index (χ4n) is 1.66. The van der Waals surface area contributed by atoms with E-state index in [1.807, 2.05) is 0 Å². The maximum absolute atomic E-state index is 11.6. The van der Waals surface area contributed by atoms with Gasteiger partial charge in [-0.15, -0.1) is 0 Å². The maximum atomic E-state index is 11.6. The standard InChI is InChI=1S/C11H9ClN2O/c12-9-1-3-10(4-2-9)14-7-8(6-13)5-11(14)15/h1-4,8H,5,7H2.